The number of fused-ring (bicyclic) bond motifs is 1. The summed E-state index contributed by atoms with van der Waals surface area (Å²) in [5.74, 6) is 0.0756. The maximum Gasteiger partial charge on any atom is 0.242 e. The molecule has 0 bridgehead atoms. The molecule has 0 aliphatic carbocycles. The minimum Gasteiger partial charge on any atom is -0.378 e. The van der Waals surface area contributed by atoms with Crippen molar-refractivity contribution in [1.82, 2.24) is 9.47 Å². The van der Waals surface area contributed by atoms with E-state index in [9.17, 15) is 10.1 Å². The van der Waals surface area contributed by atoms with Crippen LogP contribution in [-0.4, -0.2) is 41.7 Å². The van der Waals surface area contributed by atoms with E-state index in [-0.39, 0.29) is 12.5 Å². The first kappa shape index (κ1) is 13.7. The van der Waals surface area contributed by atoms with Gasteiger partial charge in [-0.15, -0.1) is 0 Å². The summed E-state index contributed by atoms with van der Waals surface area (Å²) in [5, 5.41) is 10.2. The van der Waals surface area contributed by atoms with E-state index in [1.165, 1.54) is 0 Å². The van der Waals surface area contributed by atoms with Gasteiger partial charge in [0, 0.05) is 24.2 Å². The Hall–Kier alpha value is -2.32. The molecular formula is C16H17N3O2. The zero-order chi connectivity index (χ0) is 14.8. The zero-order valence-corrected chi connectivity index (χ0v) is 12.0. The highest BCUT2D eigenvalue weighted by molar-refractivity contribution is 5.89. The van der Waals surface area contributed by atoms with Gasteiger partial charge >= 0.3 is 0 Å². The van der Waals surface area contributed by atoms with Crippen molar-refractivity contribution in [3.63, 3.8) is 0 Å². The van der Waals surface area contributed by atoms with Gasteiger partial charge in [0.1, 0.15) is 12.6 Å². The Bertz CT molecular complexity index is 721. The van der Waals surface area contributed by atoms with Crippen molar-refractivity contribution in [2.24, 2.45) is 0 Å². The molecule has 5 nitrogen and oxygen atoms in total. The molecule has 0 unspecified atom stereocenters. The van der Waals surface area contributed by atoms with Gasteiger partial charge in [0.05, 0.1) is 24.3 Å². The summed E-state index contributed by atoms with van der Waals surface area (Å²) in [4.78, 5) is 14.3. The van der Waals surface area contributed by atoms with Gasteiger partial charge in [-0.05, 0) is 13.0 Å². The normalized spacial score (nSPS) is 15.1. The fourth-order valence-corrected chi connectivity index (χ4v) is 2.82. The molecule has 0 spiro atoms. The van der Waals surface area contributed by atoms with Gasteiger partial charge in [-0.25, -0.2) is 0 Å². The molecule has 1 aliphatic heterocycles. The van der Waals surface area contributed by atoms with Crippen LogP contribution in [0.25, 0.3) is 10.9 Å². The quantitative estimate of drug-likeness (QED) is 0.842. The second-order valence-electron chi connectivity index (χ2n) is 5.17. The van der Waals surface area contributed by atoms with Gasteiger partial charge in [0.2, 0.25) is 5.91 Å². The van der Waals surface area contributed by atoms with Gasteiger partial charge in [-0.2, -0.15) is 5.26 Å². The van der Waals surface area contributed by atoms with Crippen LogP contribution in [-0.2, 0) is 16.1 Å². The smallest absolute Gasteiger partial charge is 0.242 e. The number of morpholine rings is 1. The minimum atomic E-state index is 0.0756. The predicted molar refractivity (Wildman–Crippen MR) is 78.8 cm³/mol. The number of benzene rings is 1. The van der Waals surface area contributed by atoms with E-state index in [0.717, 1.165) is 16.6 Å². The number of hydrogen-bond acceptors (Lipinski definition) is 3. The number of rotatable bonds is 2. The number of ether oxygens (including phenoxy) is 1. The number of para-hydroxylation sites is 1. The van der Waals surface area contributed by atoms with Crippen LogP contribution in [0.3, 0.4) is 0 Å². The maximum atomic E-state index is 12.4. The Morgan fingerprint density at radius 3 is 2.76 bits per heavy atom. The molecule has 1 fully saturated rings. The van der Waals surface area contributed by atoms with Crippen LogP contribution in [0, 0.1) is 18.3 Å². The molecular weight excluding hydrogens is 266 g/mol. The summed E-state index contributed by atoms with van der Waals surface area (Å²) in [6.07, 6.45) is 0. The summed E-state index contributed by atoms with van der Waals surface area (Å²) in [7, 11) is 0. The molecule has 1 aromatic carbocycles. The average Bonchev–Trinajstić information content (AvgIpc) is 2.80. The van der Waals surface area contributed by atoms with Crippen LogP contribution >= 0.6 is 0 Å². The molecule has 5 heteroatoms. The number of nitrogens with zero attached hydrogens (tertiary/aromatic N) is 3. The van der Waals surface area contributed by atoms with E-state index >= 15 is 0 Å². The minimum absolute atomic E-state index is 0.0756. The number of hydrogen-bond donors (Lipinski definition) is 0. The largest absolute Gasteiger partial charge is 0.378 e. The molecule has 108 valence electrons. The first-order chi connectivity index (χ1) is 10.2. The van der Waals surface area contributed by atoms with Crippen molar-refractivity contribution >= 4 is 16.8 Å². The molecule has 0 N–H and O–H groups in total. The summed E-state index contributed by atoms with van der Waals surface area (Å²) < 4.78 is 7.21. The van der Waals surface area contributed by atoms with Crippen molar-refractivity contribution in [1.29, 1.82) is 5.26 Å². The first-order valence-electron chi connectivity index (χ1n) is 7.06. The number of amides is 1. The van der Waals surface area contributed by atoms with E-state index in [1.807, 2.05) is 40.7 Å². The summed E-state index contributed by atoms with van der Waals surface area (Å²) in [5.41, 5.74) is 2.44. The Labute approximate surface area is 123 Å². The second kappa shape index (κ2) is 5.58. The fraction of sp³-hybridized carbons (Fsp3) is 0.375. The fourth-order valence-electron chi connectivity index (χ4n) is 2.82. The lowest BCUT2D eigenvalue weighted by atomic mass is 10.1. The highest BCUT2D eigenvalue weighted by Crippen LogP contribution is 2.25. The predicted octanol–water partition coefficient (Wildman–Crippen LogP) is 1.68. The number of nitriles is 1. The van der Waals surface area contributed by atoms with Crippen LogP contribution in [0.1, 0.15) is 11.3 Å². The van der Waals surface area contributed by atoms with E-state index in [2.05, 4.69) is 6.07 Å². The van der Waals surface area contributed by atoms with Crippen LogP contribution in [0.15, 0.2) is 24.3 Å². The summed E-state index contributed by atoms with van der Waals surface area (Å²) in [6.45, 7) is 4.64. The highest BCUT2D eigenvalue weighted by Gasteiger charge is 2.20. The van der Waals surface area contributed by atoms with Crippen molar-refractivity contribution in [3.05, 3.63) is 35.5 Å². The number of carbonyl (C=O) groups excluding carboxylic acids is 1. The standard InChI is InChI=1S/C16H17N3O2/c1-12-14(10-17)13-4-2-3-5-15(13)19(12)11-16(20)18-6-8-21-9-7-18/h2-5H,6-9,11H2,1H3. The molecule has 21 heavy (non-hydrogen) atoms. The van der Waals surface area contributed by atoms with Crippen LogP contribution in [0.4, 0.5) is 0 Å². The SMILES string of the molecule is Cc1c(C#N)c2ccccc2n1CC(=O)N1CCOCC1. The van der Waals surface area contributed by atoms with Gasteiger partial charge in [-0.3, -0.25) is 4.79 Å². The third-order valence-electron chi connectivity index (χ3n) is 4.00. The molecule has 0 radical (unpaired) electrons. The lowest BCUT2D eigenvalue weighted by Crippen LogP contribution is -2.42. The zero-order valence-electron chi connectivity index (χ0n) is 12.0. The van der Waals surface area contributed by atoms with Gasteiger partial charge < -0.3 is 14.2 Å². The lowest BCUT2D eigenvalue weighted by Gasteiger charge is -2.27. The first-order valence-corrected chi connectivity index (χ1v) is 7.06. The van der Waals surface area contributed by atoms with E-state index < -0.39 is 0 Å². The van der Waals surface area contributed by atoms with Gasteiger partial charge in [-0.1, -0.05) is 18.2 Å². The average molecular weight is 283 g/mol. The van der Waals surface area contributed by atoms with Crippen molar-refractivity contribution in [2.45, 2.75) is 13.5 Å². The van der Waals surface area contributed by atoms with Gasteiger partial charge in [0.15, 0.2) is 0 Å². The van der Waals surface area contributed by atoms with Crippen LogP contribution < -0.4 is 0 Å². The molecule has 1 saturated heterocycles. The molecule has 0 atom stereocenters. The monoisotopic (exact) mass is 283 g/mol. The summed E-state index contributed by atoms with van der Waals surface area (Å²) >= 11 is 0. The molecule has 0 saturated carbocycles. The second-order valence-corrected chi connectivity index (χ2v) is 5.17. The Morgan fingerprint density at radius 1 is 1.33 bits per heavy atom. The molecule has 1 aliphatic rings. The Balaban J connectivity index is 1.95. The molecule has 3 rings (SSSR count). The third kappa shape index (κ3) is 2.39. The topological polar surface area (TPSA) is 58.3 Å². The Morgan fingerprint density at radius 2 is 2.05 bits per heavy atom. The van der Waals surface area contributed by atoms with Crippen molar-refractivity contribution in [2.75, 3.05) is 26.3 Å². The number of aromatic nitrogens is 1. The highest BCUT2D eigenvalue weighted by atomic mass is 16.5. The molecule has 1 amide bonds. The maximum absolute atomic E-state index is 12.4. The molecule has 1 aromatic heterocycles. The van der Waals surface area contributed by atoms with E-state index in [0.29, 0.717) is 31.9 Å². The van der Waals surface area contributed by atoms with Gasteiger partial charge in [0.25, 0.3) is 0 Å². The molecule has 2 aromatic rings. The van der Waals surface area contributed by atoms with Crippen LogP contribution in [0.5, 0.6) is 0 Å². The molecule has 2 heterocycles. The number of carbonyl (C=O) groups is 1. The summed E-state index contributed by atoms with van der Waals surface area (Å²) in [6, 6.07) is 9.97. The van der Waals surface area contributed by atoms with Crippen molar-refractivity contribution < 1.29 is 9.53 Å². The third-order valence-corrected chi connectivity index (χ3v) is 4.00. The Kier molecular flexibility index (Phi) is 3.63. The van der Waals surface area contributed by atoms with Crippen LogP contribution in [0.2, 0.25) is 0 Å². The van der Waals surface area contributed by atoms with E-state index in [4.69, 9.17) is 4.74 Å². The van der Waals surface area contributed by atoms with Crippen molar-refractivity contribution in [3.8, 4) is 6.07 Å². The lowest BCUT2D eigenvalue weighted by molar-refractivity contribution is -0.135. The van der Waals surface area contributed by atoms with E-state index in [1.54, 1.807) is 0 Å².